The van der Waals surface area contributed by atoms with E-state index in [1.54, 1.807) is 13.8 Å². The quantitative estimate of drug-likeness (QED) is 0.478. The van der Waals surface area contributed by atoms with Crippen molar-refractivity contribution in [3.63, 3.8) is 0 Å². The van der Waals surface area contributed by atoms with Gasteiger partial charge in [-0.2, -0.15) is 0 Å². The van der Waals surface area contributed by atoms with Crippen LogP contribution >= 0.6 is 0 Å². The van der Waals surface area contributed by atoms with Crippen molar-refractivity contribution in [2.75, 3.05) is 0 Å². The van der Waals surface area contributed by atoms with Crippen molar-refractivity contribution in [2.24, 2.45) is 0 Å². The number of carbonyl (C=O) groups excluding carboxylic acids is 1. The summed E-state index contributed by atoms with van der Waals surface area (Å²) in [7, 11) is 0. The maximum Gasteiger partial charge on any atom is 0.338 e. The van der Waals surface area contributed by atoms with Crippen molar-refractivity contribution in [2.45, 2.75) is 20.0 Å². The van der Waals surface area contributed by atoms with Crippen LogP contribution in [0.3, 0.4) is 0 Å². The summed E-state index contributed by atoms with van der Waals surface area (Å²) in [6.07, 6.45) is 1.19. The summed E-state index contributed by atoms with van der Waals surface area (Å²) >= 11 is 0. The molecule has 0 aliphatic heterocycles. The molecule has 0 atom stereocenters. The molecule has 0 N–H and O–H groups in total. The van der Waals surface area contributed by atoms with Gasteiger partial charge in [-0.15, -0.1) is 0 Å². The molecule has 2 aromatic rings. The average molecular weight is 302 g/mol. The van der Waals surface area contributed by atoms with Crippen LogP contribution < -0.4 is 4.74 Å². The molecule has 0 radical (unpaired) electrons. The highest BCUT2D eigenvalue weighted by Crippen LogP contribution is 2.28. The number of nitrogens with zero attached hydrogens (tertiary/aromatic N) is 2. The number of pyridine rings is 1. The van der Waals surface area contributed by atoms with Crippen molar-refractivity contribution in [1.82, 2.24) is 4.98 Å². The van der Waals surface area contributed by atoms with Crippen LogP contribution in [0, 0.1) is 10.1 Å². The number of carbonyl (C=O) groups is 1. The molecular weight excluding hydrogens is 288 g/mol. The lowest BCUT2D eigenvalue weighted by Crippen LogP contribution is -2.11. The first-order chi connectivity index (χ1) is 10.5. The molecule has 0 unspecified atom stereocenters. The normalized spacial score (nSPS) is 10.3. The van der Waals surface area contributed by atoms with E-state index >= 15 is 0 Å². The maximum atomic E-state index is 11.7. The molecule has 7 nitrogen and oxygen atoms in total. The van der Waals surface area contributed by atoms with Gasteiger partial charge >= 0.3 is 11.7 Å². The molecule has 0 aliphatic carbocycles. The number of hydrogen-bond acceptors (Lipinski definition) is 6. The van der Waals surface area contributed by atoms with E-state index in [9.17, 15) is 14.9 Å². The molecule has 22 heavy (non-hydrogen) atoms. The van der Waals surface area contributed by atoms with E-state index < -0.39 is 10.9 Å². The SMILES string of the molecule is CC(C)OC(=O)c1ccc(Oc2ncccc2[N+](=O)[O-])cc1. The van der Waals surface area contributed by atoms with Gasteiger partial charge in [-0.05, 0) is 44.2 Å². The summed E-state index contributed by atoms with van der Waals surface area (Å²) < 4.78 is 10.4. The molecule has 0 saturated carbocycles. The van der Waals surface area contributed by atoms with E-state index in [1.165, 1.54) is 42.6 Å². The predicted octanol–water partition coefficient (Wildman–Crippen LogP) is 3.35. The number of ether oxygens (including phenoxy) is 2. The zero-order valence-electron chi connectivity index (χ0n) is 12.1. The summed E-state index contributed by atoms with van der Waals surface area (Å²) in [6, 6.07) is 8.85. The van der Waals surface area contributed by atoms with Crippen molar-refractivity contribution >= 4 is 11.7 Å². The highest BCUT2D eigenvalue weighted by atomic mass is 16.6. The number of rotatable bonds is 5. The van der Waals surface area contributed by atoms with Crippen molar-refractivity contribution < 1.29 is 19.2 Å². The van der Waals surface area contributed by atoms with E-state index in [0.29, 0.717) is 11.3 Å². The molecule has 0 amide bonds. The van der Waals surface area contributed by atoms with Gasteiger partial charge in [-0.1, -0.05) is 0 Å². The Hall–Kier alpha value is -2.96. The molecule has 1 aromatic heterocycles. The van der Waals surface area contributed by atoms with E-state index in [-0.39, 0.29) is 17.7 Å². The van der Waals surface area contributed by atoms with Crippen LogP contribution in [0.4, 0.5) is 5.69 Å². The standard InChI is InChI=1S/C15H14N2O5/c1-10(2)21-15(18)11-5-7-12(8-6-11)22-14-13(17(19)20)4-3-9-16-14/h3-10H,1-2H3. The molecule has 114 valence electrons. The van der Waals surface area contributed by atoms with Crippen LogP contribution in [-0.4, -0.2) is 22.0 Å². The fraction of sp³-hybridized carbons (Fsp3) is 0.200. The minimum atomic E-state index is -0.573. The van der Waals surface area contributed by atoms with Gasteiger partial charge in [0.2, 0.25) is 0 Å². The third-order valence-electron chi connectivity index (χ3n) is 2.60. The highest BCUT2D eigenvalue weighted by molar-refractivity contribution is 5.89. The lowest BCUT2D eigenvalue weighted by Gasteiger charge is -2.08. The van der Waals surface area contributed by atoms with Crippen LogP contribution in [0.25, 0.3) is 0 Å². The van der Waals surface area contributed by atoms with Gasteiger partial charge in [-0.25, -0.2) is 9.78 Å². The zero-order chi connectivity index (χ0) is 16.1. The van der Waals surface area contributed by atoms with Crippen LogP contribution in [0.15, 0.2) is 42.6 Å². The Bertz CT molecular complexity index is 683. The molecular formula is C15H14N2O5. The fourth-order valence-electron chi connectivity index (χ4n) is 1.65. The molecule has 0 aliphatic rings. The molecule has 1 heterocycles. The molecule has 0 fully saturated rings. The molecule has 7 heteroatoms. The van der Waals surface area contributed by atoms with Crippen LogP contribution in [-0.2, 0) is 4.74 Å². The van der Waals surface area contributed by atoms with Crippen molar-refractivity contribution in [3.05, 3.63) is 58.3 Å². The number of esters is 1. The maximum absolute atomic E-state index is 11.7. The predicted molar refractivity (Wildman–Crippen MR) is 78.0 cm³/mol. The first kappa shape index (κ1) is 15.4. The summed E-state index contributed by atoms with van der Waals surface area (Å²) in [6.45, 7) is 3.52. The second-order valence-corrected chi connectivity index (χ2v) is 4.67. The Labute approximate surface area is 126 Å². The van der Waals surface area contributed by atoms with Crippen LogP contribution in [0.5, 0.6) is 11.6 Å². The zero-order valence-corrected chi connectivity index (χ0v) is 12.1. The third kappa shape index (κ3) is 3.78. The second-order valence-electron chi connectivity index (χ2n) is 4.67. The Morgan fingerprint density at radius 1 is 1.23 bits per heavy atom. The van der Waals surface area contributed by atoms with Gasteiger partial charge in [0.25, 0.3) is 5.88 Å². The van der Waals surface area contributed by atoms with Crippen LogP contribution in [0.1, 0.15) is 24.2 Å². The minimum Gasteiger partial charge on any atom is -0.459 e. The van der Waals surface area contributed by atoms with Gasteiger partial charge < -0.3 is 9.47 Å². The Morgan fingerprint density at radius 2 is 1.91 bits per heavy atom. The third-order valence-corrected chi connectivity index (χ3v) is 2.60. The molecule has 0 saturated heterocycles. The lowest BCUT2D eigenvalue weighted by molar-refractivity contribution is -0.386. The van der Waals surface area contributed by atoms with E-state index in [4.69, 9.17) is 9.47 Å². The fourth-order valence-corrected chi connectivity index (χ4v) is 1.65. The summed E-state index contributed by atoms with van der Waals surface area (Å²) in [4.78, 5) is 25.8. The number of benzene rings is 1. The number of aromatic nitrogens is 1. The van der Waals surface area contributed by atoms with Crippen molar-refractivity contribution in [3.8, 4) is 11.6 Å². The molecule has 1 aromatic carbocycles. The monoisotopic (exact) mass is 302 g/mol. The lowest BCUT2D eigenvalue weighted by atomic mass is 10.2. The van der Waals surface area contributed by atoms with Gasteiger partial charge in [0.05, 0.1) is 16.6 Å². The van der Waals surface area contributed by atoms with Gasteiger partial charge in [0.1, 0.15) is 5.75 Å². The Kier molecular flexibility index (Phi) is 4.67. The Balaban J connectivity index is 2.15. The number of nitro groups is 1. The average Bonchev–Trinajstić information content (AvgIpc) is 2.47. The topological polar surface area (TPSA) is 91.6 Å². The summed E-state index contributed by atoms with van der Waals surface area (Å²) in [5.41, 5.74) is 0.141. The smallest absolute Gasteiger partial charge is 0.338 e. The first-order valence-corrected chi connectivity index (χ1v) is 6.55. The molecule has 0 bridgehead atoms. The van der Waals surface area contributed by atoms with E-state index in [2.05, 4.69) is 4.98 Å². The van der Waals surface area contributed by atoms with Gasteiger partial charge in [-0.3, -0.25) is 10.1 Å². The summed E-state index contributed by atoms with van der Waals surface area (Å²) in [5.74, 6) is -0.210. The van der Waals surface area contributed by atoms with Crippen LogP contribution in [0.2, 0.25) is 0 Å². The highest BCUT2D eigenvalue weighted by Gasteiger charge is 2.16. The largest absolute Gasteiger partial charge is 0.459 e. The van der Waals surface area contributed by atoms with Crippen molar-refractivity contribution in [1.29, 1.82) is 0 Å². The van der Waals surface area contributed by atoms with Gasteiger partial charge in [0, 0.05) is 12.3 Å². The van der Waals surface area contributed by atoms with E-state index in [0.717, 1.165) is 0 Å². The Morgan fingerprint density at radius 3 is 2.50 bits per heavy atom. The second kappa shape index (κ2) is 6.66. The number of hydrogen-bond donors (Lipinski definition) is 0. The van der Waals surface area contributed by atoms with Gasteiger partial charge in [0.15, 0.2) is 0 Å². The minimum absolute atomic E-state index is 0.106. The first-order valence-electron chi connectivity index (χ1n) is 6.55. The van der Waals surface area contributed by atoms with E-state index in [1.807, 2.05) is 0 Å². The summed E-state index contributed by atoms with van der Waals surface area (Å²) in [5, 5.41) is 10.9. The molecule has 2 rings (SSSR count). The molecule has 0 spiro atoms.